The number of urea groups is 1. The molecule has 0 spiro atoms. The summed E-state index contributed by atoms with van der Waals surface area (Å²) in [5.41, 5.74) is 2.03. The predicted molar refractivity (Wildman–Crippen MR) is 142 cm³/mol. The lowest BCUT2D eigenvalue weighted by Gasteiger charge is -2.37. The number of halogens is 1. The van der Waals surface area contributed by atoms with E-state index < -0.39 is 34.0 Å². The second kappa shape index (κ2) is 11.5. The van der Waals surface area contributed by atoms with Gasteiger partial charge in [0, 0.05) is 43.6 Å². The Balaban J connectivity index is 1.67. The van der Waals surface area contributed by atoms with Crippen LogP contribution in [0, 0.1) is 11.7 Å². The Morgan fingerprint density at radius 1 is 1.18 bits per heavy atom. The van der Waals surface area contributed by atoms with Gasteiger partial charge in [-0.1, -0.05) is 13.0 Å². The lowest BCUT2D eigenvalue weighted by molar-refractivity contribution is 0.0830. The zero-order valence-corrected chi connectivity index (χ0v) is 22.2. The number of likely N-dealkylation sites (N-methyl/N-ethyl adjacent to an activating group) is 1. The molecule has 1 aromatic heterocycles. The number of sulfonamides is 1. The standard InChI is InChI=1S/C27H31FN4O5S/c1-18-15-32(19(2)17-33)38(35,36)26-9-4-21(20-10-12-29-13-11-20)14-24(26)37-25(18)16-31(3)27(34)30-23-7-5-22(28)6-8-23/h4-14,18-19,25,33H,15-17H2,1-3H3,(H,30,34)/t18-,19+,25-/m1/s1. The summed E-state index contributed by atoms with van der Waals surface area (Å²) < 4.78 is 48.2. The summed E-state index contributed by atoms with van der Waals surface area (Å²) >= 11 is 0. The molecule has 0 bridgehead atoms. The molecule has 0 fully saturated rings. The number of hydrogen-bond donors (Lipinski definition) is 2. The fraction of sp³-hybridized carbons (Fsp3) is 0.333. The van der Waals surface area contributed by atoms with Crippen molar-refractivity contribution >= 4 is 21.7 Å². The summed E-state index contributed by atoms with van der Waals surface area (Å²) in [7, 11) is -2.38. The highest BCUT2D eigenvalue weighted by atomic mass is 32.2. The van der Waals surface area contributed by atoms with E-state index >= 15 is 0 Å². The minimum absolute atomic E-state index is 0.00840. The molecule has 38 heavy (non-hydrogen) atoms. The number of carbonyl (C=O) groups is 1. The highest BCUT2D eigenvalue weighted by Crippen LogP contribution is 2.36. The smallest absolute Gasteiger partial charge is 0.321 e. The molecule has 0 radical (unpaired) electrons. The third-order valence-corrected chi connectivity index (χ3v) is 8.60. The summed E-state index contributed by atoms with van der Waals surface area (Å²) in [4.78, 5) is 18.3. The number of aliphatic hydroxyl groups excluding tert-OH is 1. The third-order valence-electron chi connectivity index (χ3n) is 6.58. The van der Waals surface area contributed by atoms with Gasteiger partial charge in [-0.05, 0) is 66.6 Å². The van der Waals surface area contributed by atoms with Gasteiger partial charge in [0.2, 0.25) is 10.0 Å². The van der Waals surface area contributed by atoms with E-state index in [1.54, 1.807) is 38.5 Å². The summed E-state index contributed by atoms with van der Waals surface area (Å²) in [6, 6.07) is 12.9. The zero-order valence-electron chi connectivity index (χ0n) is 21.4. The van der Waals surface area contributed by atoms with Gasteiger partial charge in [0.05, 0.1) is 13.2 Å². The van der Waals surface area contributed by atoms with E-state index in [0.29, 0.717) is 5.69 Å². The van der Waals surface area contributed by atoms with E-state index in [1.807, 2.05) is 19.1 Å². The summed E-state index contributed by atoms with van der Waals surface area (Å²) in [6.45, 7) is 3.39. The number of fused-ring (bicyclic) bond motifs is 1. The highest BCUT2D eigenvalue weighted by Gasteiger charge is 2.38. The number of aliphatic hydroxyl groups is 1. The Hall–Kier alpha value is -3.54. The molecule has 3 atom stereocenters. The lowest BCUT2D eigenvalue weighted by atomic mass is 10.0. The molecule has 2 heterocycles. The molecule has 2 amide bonds. The monoisotopic (exact) mass is 542 g/mol. The molecule has 11 heteroatoms. The number of nitrogens with zero attached hydrogens (tertiary/aromatic N) is 3. The van der Waals surface area contributed by atoms with Gasteiger partial charge >= 0.3 is 6.03 Å². The minimum atomic E-state index is -3.99. The van der Waals surface area contributed by atoms with Gasteiger partial charge in [-0.3, -0.25) is 4.98 Å². The number of amides is 2. The van der Waals surface area contributed by atoms with Crippen LogP contribution >= 0.6 is 0 Å². The summed E-state index contributed by atoms with van der Waals surface area (Å²) in [6.07, 6.45) is 2.72. The Morgan fingerprint density at radius 2 is 1.87 bits per heavy atom. The average Bonchev–Trinajstić information content (AvgIpc) is 2.91. The first kappa shape index (κ1) is 27.5. The molecule has 0 unspecified atom stereocenters. The highest BCUT2D eigenvalue weighted by molar-refractivity contribution is 7.89. The van der Waals surface area contributed by atoms with Gasteiger partial charge in [-0.25, -0.2) is 17.6 Å². The second-order valence-electron chi connectivity index (χ2n) is 9.45. The molecule has 3 aromatic rings. The third kappa shape index (κ3) is 5.95. The average molecular weight is 543 g/mol. The Kier molecular flexibility index (Phi) is 8.29. The normalized spacial score (nSPS) is 19.8. The fourth-order valence-corrected chi connectivity index (χ4v) is 6.10. The first-order valence-electron chi connectivity index (χ1n) is 12.2. The van der Waals surface area contributed by atoms with Crippen molar-refractivity contribution in [2.24, 2.45) is 5.92 Å². The molecule has 2 aromatic carbocycles. The van der Waals surface area contributed by atoms with Crippen LogP contribution in [-0.2, 0) is 10.0 Å². The molecule has 4 rings (SSSR count). The summed E-state index contributed by atoms with van der Waals surface area (Å²) in [5.74, 6) is -0.578. The quantitative estimate of drug-likeness (QED) is 0.490. The molecule has 9 nitrogen and oxygen atoms in total. The maximum atomic E-state index is 13.7. The Morgan fingerprint density at radius 3 is 2.53 bits per heavy atom. The van der Waals surface area contributed by atoms with Gasteiger partial charge in [-0.15, -0.1) is 0 Å². The number of aromatic nitrogens is 1. The van der Waals surface area contributed by atoms with Crippen LogP contribution in [0.25, 0.3) is 11.1 Å². The van der Waals surface area contributed by atoms with Crippen molar-refractivity contribution in [3.05, 3.63) is 72.8 Å². The number of hydrogen-bond acceptors (Lipinski definition) is 6. The molecule has 1 aliphatic heterocycles. The van der Waals surface area contributed by atoms with Crippen molar-refractivity contribution < 1.29 is 27.4 Å². The van der Waals surface area contributed by atoms with Crippen LogP contribution < -0.4 is 10.1 Å². The maximum absolute atomic E-state index is 13.7. The lowest BCUT2D eigenvalue weighted by Crippen LogP contribution is -2.50. The van der Waals surface area contributed by atoms with Crippen LogP contribution in [0.4, 0.5) is 14.9 Å². The van der Waals surface area contributed by atoms with Crippen LogP contribution in [-0.4, -0.2) is 72.6 Å². The molecular weight excluding hydrogens is 511 g/mol. The number of nitrogens with one attached hydrogen (secondary N) is 1. The van der Waals surface area contributed by atoms with Gasteiger partial charge < -0.3 is 20.1 Å². The predicted octanol–water partition coefficient (Wildman–Crippen LogP) is 3.82. The van der Waals surface area contributed by atoms with Gasteiger partial charge in [-0.2, -0.15) is 4.31 Å². The number of pyridine rings is 1. The largest absolute Gasteiger partial charge is 0.487 e. The van der Waals surface area contributed by atoms with E-state index in [2.05, 4.69) is 10.3 Å². The fourth-order valence-electron chi connectivity index (χ4n) is 4.27. The molecular formula is C27H31FN4O5S. The molecule has 1 aliphatic rings. The van der Waals surface area contributed by atoms with Crippen molar-refractivity contribution in [2.45, 2.75) is 30.9 Å². The topological polar surface area (TPSA) is 112 Å². The summed E-state index contributed by atoms with van der Waals surface area (Å²) in [5, 5.41) is 12.5. The zero-order chi connectivity index (χ0) is 27.4. The number of ether oxygens (including phenoxy) is 1. The molecule has 0 saturated heterocycles. The maximum Gasteiger partial charge on any atom is 0.321 e. The first-order chi connectivity index (χ1) is 18.1. The Bertz CT molecular complexity index is 1370. The van der Waals surface area contributed by atoms with E-state index in [-0.39, 0.29) is 36.3 Å². The first-order valence-corrected chi connectivity index (χ1v) is 13.7. The van der Waals surface area contributed by atoms with Crippen LogP contribution in [0.1, 0.15) is 13.8 Å². The SMILES string of the molecule is C[C@@H]1CN([C@@H](C)CO)S(=O)(=O)c2ccc(-c3ccncc3)cc2O[C@@H]1CN(C)C(=O)Nc1ccc(F)cc1. The van der Waals surface area contributed by atoms with Crippen LogP contribution in [0.3, 0.4) is 0 Å². The molecule has 0 saturated carbocycles. The van der Waals surface area contributed by atoms with Crippen molar-refractivity contribution in [3.8, 4) is 16.9 Å². The van der Waals surface area contributed by atoms with Crippen molar-refractivity contribution in [1.29, 1.82) is 0 Å². The number of benzene rings is 2. The van der Waals surface area contributed by atoms with Crippen molar-refractivity contribution in [2.75, 3.05) is 32.1 Å². The molecule has 0 aliphatic carbocycles. The number of carbonyl (C=O) groups excluding carboxylic acids is 1. The van der Waals surface area contributed by atoms with E-state index in [4.69, 9.17) is 4.74 Å². The molecule has 2 N–H and O–H groups in total. The van der Waals surface area contributed by atoms with Gasteiger partial charge in [0.25, 0.3) is 0 Å². The van der Waals surface area contributed by atoms with Crippen LogP contribution in [0.15, 0.2) is 71.9 Å². The van der Waals surface area contributed by atoms with E-state index in [1.165, 1.54) is 39.5 Å². The van der Waals surface area contributed by atoms with Gasteiger partial charge in [0.1, 0.15) is 22.6 Å². The van der Waals surface area contributed by atoms with E-state index in [9.17, 15) is 22.7 Å². The number of rotatable bonds is 6. The number of anilines is 1. The van der Waals surface area contributed by atoms with E-state index in [0.717, 1.165) is 11.1 Å². The Labute approximate surface area is 221 Å². The second-order valence-corrected chi connectivity index (χ2v) is 11.3. The molecule has 202 valence electrons. The minimum Gasteiger partial charge on any atom is -0.487 e. The van der Waals surface area contributed by atoms with Crippen LogP contribution in [0.2, 0.25) is 0 Å². The van der Waals surface area contributed by atoms with Gasteiger partial charge in [0.15, 0.2) is 0 Å². The van der Waals surface area contributed by atoms with Crippen molar-refractivity contribution in [1.82, 2.24) is 14.2 Å². The van der Waals surface area contributed by atoms with Crippen molar-refractivity contribution in [3.63, 3.8) is 0 Å². The van der Waals surface area contributed by atoms with Crippen LogP contribution in [0.5, 0.6) is 5.75 Å².